The summed E-state index contributed by atoms with van der Waals surface area (Å²) in [6.07, 6.45) is 0. The molecule has 0 fully saturated rings. The third-order valence-electron chi connectivity index (χ3n) is 2.74. The summed E-state index contributed by atoms with van der Waals surface area (Å²) in [5.74, 6) is 0. The minimum atomic E-state index is 0.607. The van der Waals surface area contributed by atoms with E-state index < -0.39 is 0 Å². The molecule has 0 aliphatic rings. The molecule has 2 rings (SSSR count). The zero-order chi connectivity index (χ0) is 11.9. The molecule has 1 aromatic heterocycles. The van der Waals surface area contributed by atoms with Crippen molar-refractivity contribution in [3.05, 3.63) is 33.4 Å². The molecule has 2 nitrogen and oxygen atoms in total. The number of rotatable bonds is 1. The minimum Gasteiger partial charge on any atom is -0.387 e. The maximum Gasteiger partial charge on any atom is 0.0756 e. The zero-order valence-electron chi connectivity index (χ0n) is 9.36. The van der Waals surface area contributed by atoms with Gasteiger partial charge < -0.3 is 5.32 Å². The molecule has 0 amide bonds. The molecule has 4 heteroatoms. The highest BCUT2D eigenvalue weighted by molar-refractivity contribution is 6.39. The monoisotopic (exact) mass is 254 g/mol. The van der Waals surface area contributed by atoms with Crippen molar-refractivity contribution in [1.29, 1.82) is 0 Å². The lowest BCUT2D eigenvalue weighted by Gasteiger charge is -2.13. The van der Waals surface area contributed by atoms with Gasteiger partial charge in [0.25, 0.3) is 0 Å². The van der Waals surface area contributed by atoms with E-state index in [2.05, 4.69) is 10.3 Å². The van der Waals surface area contributed by atoms with Gasteiger partial charge in [0.05, 0.1) is 10.5 Å². The van der Waals surface area contributed by atoms with Gasteiger partial charge in [0.1, 0.15) is 0 Å². The van der Waals surface area contributed by atoms with Crippen molar-refractivity contribution in [3.8, 4) is 0 Å². The number of halogens is 2. The molecule has 1 aromatic carbocycles. The first-order chi connectivity index (χ1) is 7.54. The standard InChI is InChI=1S/C12H12Cl2N2/c1-6-7(2)16-10-5-8(13)4-9(14)11(10)12(6)15-3/h4-5H,1-3H3,(H,15,16). The molecule has 0 saturated heterocycles. The first kappa shape index (κ1) is 11.5. The number of nitrogens with one attached hydrogen (secondary N) is 1. The molecule has 1 heterocycles. The third-order valence-corrected chi connectivity index (χ3v) is 3.26. The van der Waals surface area contributed by atoms with Crippen LogP contribution in [0.5, 0.6) is 0 Å². The molecule has 1 N–H and O–H groups in total. The summed E-state index contributed by atoms with van der Waals surface area (Å²) >= 11 is 12.2. The van der Waals surface area contributed by atoms with Crippen LogP contribution in [0.25, 0.3) is 10.9 Å². The molecule has 2 aromatic rings. The van der Waals surface area contributed by atoms with Crippen LogP contribution in [0.15, 0.2) is 12.1 Å². The zero-order valence-corrected chi connectivity index (χ0v) is 10.9. The van der Waals surface area contributed by atoms with E-state index in [9.17, 15) is 0 Å². The predicted octanol–water partition coefficient (Wildman–Crippen LogP) is 4.20. The Bertz CT molecular complexity index is 565. The summed E-state index contributed by atoms with van der Waals surface area (Å²) in [6, 6.07) is 3.57. The van der Waals surface area contributed by atoms with Gasteiger partial charge in [-0.15, -0.1) is 0 Å². The molecule has 0 radical (unpaired) electrons. The quantitative estimate of drug-likeness (QED) is 0.825. The van der Waals surface area contributed by atoms with Gasteiger partial charge in [-0.2, -0.15) is 0 Å². The van der Waals surface area contributed by atoms with Gasteiger partial charge in [0, 0.05) is 28.8 Å². The average Bonchev–Trinajstić information content (AvgIpc) is 2.20. The minimum absolute atomic E-state index is 0.607. The van der Waals surface area contributed by atoms with Gasteiger partial charge in [-0.3, -0.25) is 4.98 Å². The Morgan fingerprint density at radius 2 is 1.88 bits per heavy atom. The lowest BCUT2D eigenvalue weighted by atomic mass is 10.1. The summed E-state index contributed by atoms with van der Waals surface area (Å²) in [7, 11) is 1.88. The predicted molar refractivity (Wildman–Crippen MR) is 70.8 cm³/mol. The van der Waals surface area contributed by atoms with Crippen LogP contribution in [-0.4, -0.2) is 12.0 Å². The summed E-state index contributed by atoms with van der Waals surface area (Å²) < 4.78 is 0. The number of aromatic nitrogens is 1. The van der Waals surface area contributed by atoms with E-state index in [1.165, 1.54) is 0 Å². The van der Waals surface area contributed by atoms with E-state index in [4.69, 9.17) is 23.2 Å². The third kappa shape index (κ3) is 1.72. The van der Waals surface area contributed by atoms with Gasteiger partial charge in [0.2, 0.25) is 0 Å². The molecule has 0 bridgehead atoms. The Kier molecular flexibility index (Phi) is 2.96. The Hall–Kier alpha value is -0.990. The van der Waals surface area contributed by atoms with Crippen molar-refractivity contribution in [2.24, 2.45) is 0 Å². The van der Waals surface area contributed by atoms with Crippen LogP contribution >= 0.6 is 23.2 Å². The van der Waals surface area contributed by atoms with E-state index >= 15 is 0 Å². The first-order valence-corrected chi connectivity index (χ1v) is 5.74. The fourth-order valence-electron chi connectivity index (χ4n) is 1.84. The maximum atomic E-state index is 6.21. The molecule has 0 spiro atoms. The van der Waals surface area contributed by atoms with E-state index in [0.29, 0.717) is 10.0 Å². The number of hydrogen-bond donors (Lipinski definition) is 1. The molecule has 0 saturated carbocycles. The van der Waals surface area contributed by atoms with Crippen molar-refractivity contribution in [2.75, 3.05) is 12.4 Å². The molecule has 84 valence electrons. The SMILES string of the molecule is CNc1c(C)c(C)nc2cc(Cl)cc(Cl)c12. The number of aryl methyl sites for hydroxylation is 1. The number of anilines is 1. The summed E-state index contributed by atoms with van der Waals surface area (Å²) in [6.45, 7) is 4.00. The number of pyridine rings is 1. The van der Waals surface area contributed by atoms with Crippen LogP contribution in [0.4, 0.5) is 5.69 Å². The Balaban J connectivity index is 2.96. The highest BCUT2D eigenvalue weighted by Crippen LogP contribution is 2.35. The van der Waals surface area contributed by atoms with Crippen molar-refractivity contribution in [2.45, 2.75) is 13.8 Å². The second-order valence-corrected chi connectivity index (χ2v) is 4.57. The molecule has 0 unspecified atom stereocenters. The van der Waals surface area contributed by atoms with Crippen LogP contribution in [-0.2, 0) is 0 Å². The molecular formula is C12H12Cl2N2. The van der Waals surface area contributed by atoms with Gasteiger partial charge >= 0.3 is 0 Å². The van der Waals surface area contributed by atoms with Gasteiger partial charge in [-0.05, 0) is 31.5 Å². The smallest absolute Gasteiger partial charge is 0.0756 e. The van der Waals surface area contributed by atoms with Crippen LogP contribution in [0, 0.1) is 13.8 Å². The van der Waals surface area contributed by atoms with Crippen molar-refractivity contribution < 1.29 is 0 Å². The Labute approximate surface area is 105 Å². The van der Waals surface area contributed by atoms with E-state index in [0.717, 1.165) is 27.8 Å². The van der Waals surface area contributed by atoms with Crippen LogP contribution in [0.2, 0.25) is 10.0 Å². The van der Waals surface area contributed by atoms with Crippen molar-refractivity contribution in [3.63, 3.8) is 0 Å². The molecule has 0 aliphatic carbocycles. The van der Waals surface area contributed by atoms with Crippen molar-refractivity contribution >= 4 is 39.8 Å². The molecule has 16 heavy (non-hydrogen) atoms. The first-order valence-electron chi connectivity index (χ1n) is 4.98. The van der Waals surface area contributed by atoms with E-state index in [1.807, 2.05) is 27.0 Å². The second kappa shape index (κ2) is 4.11. The lowest BCUT2D eigenvalue weighted by Crippen LogP contribution is -1.99. The largest absolute Gasteiger partial charge is 0.387 e. The fourth-order valence-corrected chi connectivity index (χ4v) is 2.42. The van der Waals surface area contributed by atoms with Gasteiger partial charge in [-0.25, -0.2) is 0 Å². The summed E-state index contributed by atoms with van der Waals surface area (Å²) in [5, 5.41) is 5.33. The number of nitrogens with zero attached hydrogens (tertiary/aromatic N) is 1. The molecular weight excluding hydrogens is 243 g/mol. The van der Waals surface area contributed by atoms with Crippen LogP contribution < -0.4 is 5.32 Å². The number of hydrogen-bond acceptors (Lipinski definition) is 2. The Morgan fingerprint density at radius 1 is 1.19 bits per heavy atom. The Morgan fingerprint density at radius 3 is 2.50 bits per heavy atom. The lowest BCUT2D eigenvalue weighted by molar-refractivity contribution is 1.19. The summed E-state index contributed by atoms with van der Waals surface area (Å²) in [4.78, 5) is 4.50. The molecule has 0 aliphatic heterocycles. The van der Waals surface area contributed by atoms with E-state index in [-0.39, 0.29) is 0 Å². The van der Waals surface area contributed by atoms with Gasteiger partial charge in [0.15, 0.2) is 0 Å². The summed E-state index contributed by atoms with van der Waals surface area (Å²) in [5.41, 5.74) is 3.93. The maximum absolute atomic E-state index is 6.21. The second-order valence-electron chi connectivity index (χ2n) is 3.73. The average molecular weight is 255 g/mol. The van der Waals surface area contributed by atoms with E-state index in [1.54, 1.807) is 6.07 Å². The normalized spacial score (nSPS) is 10.8. The van der Waals surface area contributed by atoms with Crippen molar-refractivity contribution in [1.82, 2.24) is 4.98 Å². The highest BCUT2D eigenvalue weighted by atomic mass is 35.5. The van der Waals surface area contributed by atoms with Crippen LogP contribution in [0.1, 0.15) is 11.3 Å². The highest BCUT2D eigenvalue weighted by Gasteiger charge is 2.11. The topological polar surface area (TPSA) is 24.9 Å². The number of fused-ring (bicyclic) bond motifs is 1. The number of benzene rings is 1. The van der Waals surface area contributed by atoms with Gasteiger partial charge in [-0.1, -0.05) is 23.2 Å². The van der Waals surface area contributed by atoms with Crippen LogP contribution in [0.3, 0.4) is 0 Å². The molecule has 0 atom stereocenters. The fraction of sp³-hybridized carbons (Fsp3) is 0.250.